The lowest BCUT2D eigenvalue weighted by Crippen LogP contribution is -2.39. The van der Waals surface area contributed by atoms with Crippen molar-refractivity contribution in [3.8, 4) is 0 Å². The predicted molar refractivity (Wildman–Crippen MR) is 63.5 cm³/mol. The third-order valence-electron chi connectivity index (χ3n) is 5.37. The molecule has 0 N–H and O–H groups in total. The number of Topliss-reactive ketones (excluding diaryl/α,β-unsaturated/α-hetero) is 1. The number of ether oxygens (including phenoxy) is 2. The topological polar surface area (TPSA) is 35.5 Å². The number of rotatable bonds is 3. The van der Waals surface area contributed by atoms with Gasteiger partial charge in [-0.25, -0.2) is 0 Å². The Morgan fingerprint density at radius 3 is 2.53 bits per heavy atom. The van der Waals surface area contributed by atoms with Crippen LogP contribution in [0.2, 0.25) is 0 Å². The molecule has 0 bridgehead atoms. The van der Waals surface area contributed by atoms with Crippen LogP contribution in [0.15, 0.2) is 12.2 Å². The Morgan fingerprint density at radius 1 is 1.29 bits per heavy atom. The molecule has 3 saturated carbocycles. The lowest BCUT2D eigenvalue weighted by molar-refractivity contribution is -0.147. The molecular formula is C14H20O3. The van der Waals surface area contributed by atoms with Gasteiger partial charge in [-0.15, -0.1) is 0 Å². The Morgan fingerprint density at radius 2 is 1.94 bits per heavy atom. The van der Waals surface area contributed by atoms with Crippen LogP contribution in [-0.2, 0) is 14.3 Å². The van der Waals surface area contributed by atoms with Gasteiger partial charge in [0, 0.05) is 17.9 Å². The van der Waals surface area contributed by atoms with Gasteiger partial charge >= 0.3 is 0 Å². The zero-order valence-corrected chi connectivity index (χ0v) is 10.5. The lowest BCUT2D eigenvalue weighted by Gasteiger charge is -2.36. The van der Waals surface area contributed by atoms with Crippen molar-refractivity contribution in [3.63, 3.8) is 0 Å². The maximum atomic E-state index is 12.3. The maximum absolute atomic E-state index is 12.3. The highest BCUT2D eigenvalue weighted by atomic mass is 16.7. The number of carbonyl (C=O) groups is 1. The highest BCUT2D eigenvalue weighted by Crippen LogP contribution is 2.72. The molecule has 0 saturated heterocycles. The average Bonchev–Trinajstić information content (AvgIpc) is 2.87. The van der Waals surface area contributed by atoms with Crippen LogP contribution in [0.3, 0.4) is 0 Å². The normalized spacial score (nSPS) is 44.2. The summed E-state index contributed by atoms with van der Waals surface area (Å²) in [5.41, 5.74) is 0.968. The summed E-state index contributed by atoms with van der Waals surface area (Å²) in [7, 11) is 1.60. The summed E-state index contributed by atoms with van der Waals surface area (Å²) in [6, 6.07) is 0. The summed E-state index contributed by atoms with van der Waals surface area (Å²) in [6.45, 7) is 4.30. The molecule has 17 heavy (non-hydrogen) atoms. The quantitative estimate of drug-likeness (QED) is 0.558. The number of ketones is 1. The third kappa shape index (κ3) is 1.17. The zero-order valence-electron chi connectivity index (χ0n) is 10.5. The molecular weight excluding hydrogens is 216 g/mol. The Balaban J connectivity index is 1.99. The summed E-state index contributed by atoms with van der Waals surface area (Å²) >= 11 is 0. The van der Waals surface area contributed by atoms with Crippen LogP contribution in [0.5, 0.6) is 0 Å². The largest absolute Gasteiger partial charge is 0.359 e. The van der Waals surface area contributed by atoms with Crippen LogP contribution in [-0.4, -0.2) is 25.8 Å². The summed E-state index contributed by atoms with van der Waals surface area (Å²) in [5, 5.41) is 0. The summed E-state index contributed by atoms with van der Waals surface area (Å²) in [5.74, 6) is 0.140. The predicted octanol–water partition coefficient (Wildman–Crippen LogP) is 2.46. The van der Waals surface area contributed by atoms with Crippen molar-refractivity contribution in [1.29, 1.82) is 0 Å². The highest BCUT2D eigenvalue weighted by molar-refractivity contribution is 6.04. The van der Waals surface area contributed by atoms with Crippen LogP contribution >= 0.6 is 0 Å². The number of hydrogen-bond donors (Lipinski definition) is 0. The molecule has 3 aliphatic carbocycles. The third-order valence-corrected chi connectivity index (χ3v) is 5.37. The van der Waals surface area contributed by atoms with Crippen molar-refractivity contribution in [2.24, 2.45) is 10.8 Å². The molecule has 0 aromatic heterocycles. The minimum Gasteiger partial charge on any atom is -0.359 e. The van der Waals surface area contributed by atoms with Crippen molar-refractivity contribution < 1.29 is 14.3 Å². The van der Waals surface area contributed by atoms with E-state index in [0.717, 1.165) is 31.3 Å². The molecule has 0 spiro atoms. The second-order valence-electron chi connectivity index (χ2n) is 5.74. The second-order valence-corrected chi connectivity index (χ2v) is 5.74. The van der Waals surface area contributed by atoms with Gasteiger partial charge in [0.25, 0.3) is 0 Å². The first-order chi connectivity index (χ1) is 8.18. The number of methoxy groups -OCH3 is 1. The number of hydrogen-bond acceptors (Lipinski definition) is 3. The van der Waals surface area contributed by atoms with Crippen molar-refractivity contribution in [3.05, 3.63) is 12.2 Å². The van der Waals surface area contributed by atoms with Gasteiger partial charge in [0.05, 0.1) is 0 Å². The first-order valence-electron chi connectivity index (χ1n) is 6.52. The second kappa shape index (κ2) is 3.66. The van der Waals surface area contributed by atoms with E-state index in [4.69, 9.17) is 9.47 Å². The van der Waals surface area contributed by atoms with Gasteiger partial charge in [-0.3, -0.25) is 4.79 Å². The fourth-order valence-electron chi connectivity index (χ4n) is 4.77. The van der Waals surface area contributed by atoms with Crippen LogP contribution < -0.4 is 0 Å². The summed E-state index contributed by atoms with van der Waals surface area (Å²) in [6.07, 6.45) is 6.62. The van der Waals surface area contributed by atoms with Crippen LogP contribution in [0.25, 0.3) is 0 Å². The molecule has 3 nitrogen and oxygen atoms in total. The number of carbonyl (C=O) groups excluding carboxylic acids is 1. The molecule has 1 atom stereocenters. The average molecular weight is 236 g/mol. The van der Waals surface area contributed by atoms with E-state index in [1.165, 1.54) is 12.8 Å². The molecule has 0 aliphatic heterocycles. The van der Waals surface area contributed by atoms with Gasteiger partial charge in [-0.05, 0) is 31.3 Å². The summed E-state index contributed by atoms with van der Waals surface area (Å²) < 4.78 is 10.7. The van der Waals surface area contributed by atoms with Crippen molar-refractivity contribution in [2.75, 3.05) is 13.9 Å². The smallest absolute Gasteiger partial charge is 0.188 e. The van der Waals surface area contributed by atoms with E-state index < -0.39 is 0 Å². The van der Waals surface area contributed by atoms with E-state index in [2.05, 4.69) is 6.58 Å². The van der Waals surface area contributed by atoms with E-state index in [1.807, 2.05) is 0 Å². The van der Waals surface area contributed by atoms with Crippen LogP contribution in [0.1, 0.15) is 38.5 Å². The van der Waals surface area contributed by atoms with E-state index in [-0.39, 0.29) is 29.5 Å². The van der Waals surface area contributed by atoms with Gasteiger partial charge in [0.15, 0.2) is 5.78 Å². The van der Waals surface area contributed by atoms with Gasteiger partial charge < -0.3 is 9.47 Å². The van der Waals surface area contributed by atoms with Crippen molar-refractivity contribution in [2.45, 2.75) is 44.6 Å². The fourth-order valence-corrected chi connectivity index (χ4v) is 4.77. The molecule has 0 heterocycles. The first-order valence-corrected chi connectivity index (χ1v) is 6.52. The minimum absolute atomic E-state index is 0.0553. The molecule has 3 heteroatoms. The SMILES string of the molecule is C=C1C(=O)C(OCOC)C23CCCC12CCC3. The van der Waals surface area contributed by atoms with E-state index >= 15 is 0 Å². The van der Waals surface area contributed by atoms with E-state index in [0.29, 0.717) is 0 Å². The zero-order chi connectivity index (χ0) is 12.1. The van der Waals surface area contributed by atoms with E-state index in [1.54, 1.807) is 7.11 Å². The van der Waals surface area contributed by atoms with Crippen molar-refractivity contribution >= 4 is 5.78 Å². The Kier molecular flexibility index (Phi) is 2.46. The van der Waals surface area contributed by atoms with Gasteiger partial charge in [-0.2, -0.15) is 0 Å². The molecule has 1 unspecified atom stereocenters. The maximum Gasteiger partial charge on any atom is 0.188 e. The van der Waals surface area contributed by atoms with Gasteiger partial charge in [0.2, 0.25) is 0 Å². The highest BCUT2D eigenvalue weighted by Gasteiger charge is 2.70. The Bertz CT molecular complexity index is 362. The molecule has 94 valence electrons. The van der Waals surface area contributed by atoms with Crippen molar-refractivity contribution in [1.82, 2.24) is 0 Å². The monoisotopic (exact) mass is 236 g/mol. The van der Waals surface area contributed by atoms with Gasteiger partial charge in [-0.1, -0.05) is 19.4 Å². The van der Waals surface area contributed by atoms with Gasteiger partial charge in [0.1, 0.15) is 12.9 Å². The summed E-state index contributed by atoms with van der Waals surface area (Å²) in [4.78, 5) is 12.3. The molecule has 0 amide bonds. The molecule has 0 radical (unpaired) electrons. The minimum atomic E-state index is -0.292. The first kappa shape index (κ1) is 11.4. The molecule has 3 fully saturated rings. The fraction of sp³-hybridized carbons (Fsp3) is 0.786. The van der Waals surface area contributed by atoms with Crippen LogP contribution in [0.4, 0.5) is 0 Å². The van der Waals surface area contributed by atoms with E-state index in [9.17, 15) is 4.79 Å². The Labute approximate surface area is 102 Å². The molecule has 0 aromatic rings. The van der Waals surface area contributed by atoms with Crippen LogP contribution in [0, 0.1) is 10.8 Å². The molecule has 0 aromatic carbocycles. The lowest BCUT2D eigenvalue weighted by atomic mass is 9.68. The molecule has 3 aliphatic rings. The Hall–Kier alpha value is -0.670. The standard InChI is InChI=1S/C14H20O3/c1-10-11(15)12(17-9-16-2)14-7-3-5-13(10,14)6-4-8-14/h12H,1,3-9H2,2H3. The molecule has 3 rings (SSSR count).